The summed E-state index contributed by atoms with van der Waals surface area (Å²) in [6, 6.07) is 2.88. The summed E-state index contributed by atoms with van der Waals surface area (Å²) < 4.78 is 0.694. The zero-order chi connectivity index (χ0) is 13.5. The van der Waals surface area contributed by atoms with Crippen LogP contribution in [0, 0.1) is 0 Å². The maximum Gasteiger partial charge on any atom is 0.326 e. The van der Waals surface area contributed by atoms with Crippen LogP contribution in [-0.4, -0.2) is 23.0 Å². The Bertz CT molecular complexity index is 419. The van der Waals surface area contributed by atoms with Crippen molar-refractivity contribution in [3.8, 4) is 0 Å². The van der Waals surface area contributed by atoms with Crippen LogP contribution in [0.15, 0.2) is 12.1 Å². The molecule has 0 aromatic carbocycles. The number of hydrogen-bond acceptors (Lipinski definition) is 3. The zero-order valence-electron chi connectivity index (χ0n) is 10.1. The fourth-order valence-electron chi connectivity index (χ4n) is 1.54. The first-order valence-electron chi connectivity index (χ1n) is 5.79. The van der Waals surface area contributed by atoms with Crippen LogP contribution in [0.2, 0.25) is 4.34 Å². The molecular formula is C12H16ClNO3S. The molecule has 1 amide bonds. The molecule has 0 aliphatic rings. The predicted molar refractivity (Wildman–Crippen MR) is 72.1 cm³/mol. The molecule has 4 nitrogen and oxygen atoms in total. The normalized spacial score (nSPS) is 12.1. The minimum absolute atomic E-state index is 0.236. The lowest BCUT2D eigenvalue weighted by Gasteiger charge is -2.13. The largest absolute Gasteiger partial charge is 0.480 e. The molecule has 1 atom stereocenters. The van der Waals surface area contributed by atoms with Gasteiger partial charge in [-0.2, -0.15) is 0 Å². The van der Waals surface area contributed by atoms with Crippen molar-refractivity contribution in [1.29, 1.82) is 0 Å². The van der Waals surface area contributed by atoms with Gasteiger partial charge in [0.05, 0.1) is 4.34 Å². The molecule has 2 N–H and O–H groups in total. The molecule has 100 valence electrons. The van der Waals surface area contributed by atoms with Crippen molar-refractivity contribution in [3.63, 3.8) is 0 Å². The van der Waals surface area contributed by atoms with Gasteiger partial charge in [0.2, 0.25) is 5.91 Å². The first kappa shape index (κ1) is 15.0. The van der Waals surface area contributed by atoms with Crippen molar-refractivity contribution < 1.29 is 14.7 Å². The number of nitrogens with one attached hydrogen (secondary N) is 1. The molecule has 0 radical (unpaired) electrons. The van der Waals surface area contributed by atoms with Crippen molar-refractivity contribution in [2.24, 2.45) is 0 Å². The molecule has 0 fully saturated rings. The number of aryl methyl sites for hydroxylation is 1. The van der Waals surface area contributed by atoms with Gasteiger partial charge in [-0.1, -0.05) is 24.9 Å². The van der Waals surface area contributed by atoms with Crippen molar-refractivity contribution >= 4 is 34.8 Å². The van der Waals surface area contributed by atoms with Crippen LogP contribution >= 0.6 is 22.9 Å². The third-order valence-electron chi connectivity index (χ3n) is 2.44. The molecule has 1 aromatic rings. The lowest BCUT2D eigenvalue weighted by Crippen LogP contribution is -2.40. The summed E-state index contributed by atoms with van der Waals surface area (Å²) in [5, 5.41) is 11.4. The Morgan fingerprint density at radius 3 is 2.72 bits per heavy atom. The minimum atomic E-state index is -0.982. The Balaban J connectivity index is 2.38. The van der Waals surface area contributed by atoms with Gasteiger partial charge in [0, 0.05) is 11.3 Å². The standard InChI is InChI=1S/C12H16ClNO3S/c1-2-3-9(12(16)17)14-11(15)7-5-8-4-6-10(13)18-8/h4,6,9H,2-3,5,7H2,1H3,(H,14,15)(H,16,17)/t9-/m1/s1. The number of hydrogen-bond donors (Lipinski definition) is 2. The molecule has 0 aliphatic carbocycles. The summed E-state index contributed by atoms with van der Waals surface area (Å²) in [5.74, 6) is -1.22. The lowest BCUT2D eigenvalue weighted by molar-refractivity contribution is -0.142. The predicted octanol–water partition coefficient (Wildman–Crippen LogP) is 2.70. The van der Waals surface area contributed by atoms with E-state index in [1.165, 1.54) is 11.3 Å². The summed E-state index contributed by atoms with van der Waals surface area (Å²) in [6.07, 6.45) is 2.04. The summed E-state index contributed by atoms with van der Waals surface area (Å²) in [5.41, 5.74) is 0. The molecule has 18 heavy (non-hydrogen) atoms. The molecule has 0 aliphatic heterocycles. The molecule has 0 bridgehead atoms. The number of carbonyl (C=O) groups excluding carboxylic acids is 1. The number of amides is 1. The molecule has 1 aromatic heterocycles. The second kappa shape index (κ2) is 7.38. The van der Waals surface area contributed by atoms with Crippen LogP contribution in [0.5, 0.6) is 0 Å². The van der Waals surface area contributed by atoms with Crippen molar-refractivity contribution in [2.75, 3.05) is 0 Å². The van der Waals surface area contributed by atoms with Crippen molar-refractivity contribution in [1.82, 2.24) is 5.32 Å². The Kier molecular flexibility index (Phi) is 6.15. The van der Waals surface area contributed by atoms with Crippen LogP contribution < -0.4 is 5.32 Å². The third kappa shape index (κ3) is 5.06. The topological polar surface area (TPSA) is 66.4 Å². The van der Waals surface area contributed by atoms with Gasteiger partial charge < -0.3 is 10.4 Å². The third-order valence-corrected chi connectivity index (χ3v) is 3.73. The second-order valence-electron chi connectivity index (χ2n) is 3.95. The lowest BCUT2D eigenvalue weighted by atomic mass is 10.1. The highest BCUT2D eigenvalue weighted by atomic mass is 35.5. The molecule has 6 heteroatoms. The van der Waals surface area contributed by atoms with E-state index in [1.807, 2.05) is 13.0 Å². The van der Waals surface area contributed by atoms with E-state index in [0.717, 1.165) is 11.3 Å². The van der Waals surface area contributed by atoms with Crippen molar-refractivity contribution in [2.45, 2.75) is 38.6 Å². The molecule has 1 heterocycles. The van der Waals surface area contributed by atoms with E-state index in [2.05, 4.69) is 5.32 Å². The van der Waals surface area contributed by atoms with Crippen molar-refractivity contribution in [3.05, 3.63) is 21.3 Å². The number of thiophene rings is 1. The van der Waals surface area contributed by atoms with Gasteiger partial charge in [-0.3, -0.25) is 4.79 Å². The zero-order valence-corrected chi connectivity index (χ0v) is 11.7. The van der Waals surface area contributed by atoms with E-state index in [9.17, 15) is 9.59 Å². The molecule has 0 spiro atoms. The van der Waals surface area contributed by atoms with Gasteiger partial charge in [-0.05, 0) is 25.0 Å². The SMILES string of the molecule is CCC[C@@H](NC(=O)CCc1ccc(Cl)s1)C(=O)O. The van der Waals surface area contributed by atoms with E-state index in [4.69, 9.17) is 16.7 Å². The van der Waals surface area contributed by atoms with Gasteiger partial charge in [0.15, 0.2) is 0 Å². The van der Waals surface area contributed by atoms with E-state index in [0.29, 0.717) is 17.2 Å². The summed E-state index contributed by atoms with van der Waals surface area (Å²) >= 11 is 7.22. The second-order valence-corrected chi connectivity index (χ2v) is 5.75. The summed E-state index contributed by atoms with van der Waals surface area (Å²) in [6.45, 7) is 1.88. The Labute approximate surface area is 115 Å². The van der Waals surface area contributed by atoms with E-state index in [-0.39, 0.29) is 12.3 Å². The van der Waals surface area contributed by atoms with E-state index < -0.39 is 12.0 Å². The minimum Gasteiger partial charge on any atom is -0.480 e. The van der Waals surface area contributed by atoms with Crippen LogP contribution in [-0.2, 0) is 16.0 Å². The average Bonchev–Trinajstić information content (AvgIpc) is 2.72. The molecule has 1 rings (SSSR count). The number of carbonyl (C=O) groups is 2. The average molecular weight is 290 g/mol. The first-order valence-corrected chi connectivity index (χ1v) is 6.98. The van der Waals surface area contributed by atoms with Crippen LogP contribution in [0.3, 0.4) is 0 Å². The monoisotopic (exact) mass is 289 g/mol. The van der Waals surface area contributed by atoms with Crippen LogP contribution in [0.1, 0.15) is 31.1 Å². The number of carboxylic acids is 1. The van der Waals surface area contributed by atoms with Gasteiger partial charge in [-0.15, -0.1) is 11.3 Å². The van der Waals surface area contributed by atoms with E-state index in [1.54, 1.807) is 6.07 Å². The highest BCUT2D eigenvalue weighted by Crippen LogP contribution is 2.22. The van der Waals surface area contributed by atoms with Crippen LogP contribution in [0.25, 0.3) is 0 Å². The van der Waals surface area contributed by atoms with E-state index >= 15 is 0 Å². The fraction of sp³-hybridized carbons (Fsp3) is 0.500. The molecule has 0 unspecified atom stereocenters. The summed E-state index contributed by atoms with van der Waals surface area (Å²) in [7, 11) is 0. The Morgan fingerprint density at radius 1 is 1.50 bits per heavy atom. The highest BCUT2D eigenvalue weighted by Gasteiger charge is 2.18. The maximum atomic E-state index is 11.6. The van der Waals surface area contributed by atoms with Gasteiger partial charge in [0.1, 0.15) is 6.04 Å². The van der Waals surface area contributed by atoms with Gasteiger partial charge >= 0.3 is 5.97 Å². The number of rotatable bonds is 7. The summed E-state index contributed by atoms with van der Waals surface area (Å²) in [4.78, 5) is 23.5. The number of halogens is 1. The number of aliphatic carboxylic acids is 1. The first-order chi connectivity index (χ1) is 8.52. The molecule has 0 saturated carbocycles. The smallest absolute Gasteiger partial charge is 0.326 e. The van der Waals surface area contributed by atoms with Gasteiger partial charge in [-0.25, -0.2) is 4.79 Å². The van der Waals surface area contributed by atoms with Gasteiger partial charge in [0.25, 0.3) is 0 Å². The fourth-order valence-corrected chi connectivity index (χ4v) is 2.62. The number of carboxylic acid groups (broad SMARTS) is 1. The quantitative estimate of drug-likeness (QED) is 0.811. The van der Waals surface area contributed by atoms with Crippen LogP contribution in [0.4, 0.5) is 0 Å². The maximum absolute atomic E-state index is 11.6. The molecular weight excluding hydrogens is 274 g/mol. The molecule has 0 saturated heterocycles. The Morgan fingerprint density at radius 2 is 2.22 bits per heavy atom. The highest BCUT2D eigenvalue weighted by molar-refractivity contribution is 7.16. The Hall–Kier alpha value is -1.07.